The van der Waals surface area contributed by atoms with E-state index >= 15 is 0 Å². The van der Waals surface area contributed by atoms with Crippen molar-refractivity contribution in [3.05, 3.63) is 72.3 Å². The molecule has 0 unspecified atom stereocenters. The van der Waals surface area contributed by atoms with Crippen LogP contribution in [0.4, 0.5) is 17.2 Å². The molecule has 0 radical (unpaired) electrons. The van der Waals surface area contributed by atoms with E-state index in [1.54, 1.807) is 38.6 Å². The van der Waals surface area contributed by atoms with Crippen LogP contribution in [-0.4, -0.2) is 61.5 Å². The first-order valence-corrected chi connectivity index (χ1v) is 11.9. The van der Waals surface area contributed by atoms with Crippen molar-refractivity contribution in [1.82, 2.24) is 15.0 Å². The summed E-state index contributed by atoms with van der Waals surface area (Å²) in [5.41, 5.74) is 8.96. The molecule has 0 aliphatic rings. The Morgan fingerprint density at radius 1 is 0.921 bits per heavy atom. The predicted molar refractivity (Wildman–Crippen MR) is 145 cm³/mol. The molecule has 11 heteroatoms. The Balaban J connectivity index is 1.47. The van der Waals surface area contributed by atoms with Gasteiger partial charge in [0.15, 0.2) is 11.5 Å². The smallest absolute Gasteiger partial charge is 0.255 e. The highest BCUT2D eigenvalue weighted by Gasteiger charge is 2.13. The largest absolute Gasteiger partial charge is 0.487 e. The van der Waals surface area contributed by atoms with Gasteiger partial charge in [-0.3, -0.25) is 9.78 Å². The van der Waals surface area contributed by atoms with Crippen LogP contribution in [0.3, 0.4) is 0 Å². The number of rotatable bonds is 13. The topological polar surface area (TPSA) is 143 Å². The van der Waals surface area contributed by atoms with Gasteiger partial charge in [-0.15, -0.1) is 0 Å². The lowest BCUT2D eigenvalue weighted by molar-refractivity contribution is 0.102. The van der Waals surface area contributed by atoms with Crippen molar-refractivity contribution < 1.29 is 23.7 Å². The number of methoxy groups -OCH3 is 2. The van der Waals surface area contributed by atoms with Crippen LogP contribution in [0, 0.1) is 0 Å². The van der Waals surface area contributed by atoms with Crippen LogP contribution in [0.25, 0.3) is 10.9 Å². The van der Waals surface area contributed by atoms with Crippen molar-refractivity contribution in [3.8, 4) is 11.5 Å². The number of ether oxygens (including phenoxy) is 4. The van der Waals surface area contributed by atoms with E-state index in [-0.39, 0.29) is 5.91 Å². The molecule has 0 saturated heterocycles. The Hall–Kier alpha value is -4.48. The summed E-state index contributed by atoms with van der Waals surface area (Å²) in [5, 5.41) is 6.93. The molecule has 0 saturated carbocycles. The number of benzene rings is 2. The highest BCUT2D eigenvalue weighted by atomic mass is 16.5. The number of carbonyl (C=O) groups is 1. The predicted octanol–water partition coefficient (Wildman–Crippen LogP) is 3.52. The van der Waals surface area contributed by atoms with Crippen molar-refractivity contribution in [2.75, 3.05) is 57.0 Å². The number of anilines is 3. The summed E-state index contributed by atoms with van der Waals surface area (Å²) in [5.74, 6) is 1.52. The molecule has 0 bridgehead atoms. The molecular weight excluding hydrogens is 488 g/mol. The molecule has 2 aromatic carbocycles. The highest BCUT2D eigenvalue weighted by molar-refractivity contribution is 6.05. The third kappa shape index (κ3) is 6.84. The minimum Gasteiger partial charge on any atom is -0.487 e. The standard InChI is InChI=1S/C27H30N6O5/c1-35-9-11-37-24-13-20-23(14-25(24)38-12-10-36-2)31-17-32-26(20)30-15-18-3-5-19(6-4-18)27(34)33-22-7-8-29-16-21(22)28/h3-8,13-14,16-17H,9-12,15,28H2,1-2H3,(H,29,33,34)(H,30,31,32). The van der Waals surface area contributed by atoms with Crippen LogP contribution >= 0.6 is 0 Å². The first-order valence-electron chi connectivity index (χ1n) is 11.9. The summed E-state index contributed by atoms with van der Waals surface area (Å²) in [7, 11) is 3.23. The van der Waals surface area contributed by atoms with E-state index in [0.29, 0.717) is 72.7 Å². The van der Waals surface area contributed by atoms with E-state index in [2.05, 4.69) is 25.6 Å². The Morgan fingerprint density at radius 3 is 2.32 bits per heavy atom. The third-order valence-corrected chi connectivity index (χ3v) is 5.57. The van der Waals surface area contributed by atoms with Gasteiger partial charge in [-0.2, -0.15) is 0 Å². The third-order valence-electron chi connectivity index (χ3n) is 5.57. The Bertz CT molecular complexity index is 1370. The van der Waals surface area contributed by atoms with Gasteiger partial charge >= 0.3 is 0 Å². The number of nitrogens with two attached hydrogens (primary N) is 1. The first-order chi connectivity index (χ1) is 18.6. The van der Waals surface area contributed by atoms with Gasteiger partial charge in [0.25, 0.3) is 5.91 Å². The van der Waals surface area contributed by atoms with Crippen LogP contribution < -0.4 is 25.8 Å². The van der Waals surface area contributed by atoms with Crippen molar-refractivity contribution in [1.29, 1.82) is 0 Å². The van der Waals surface area contributed by atoms with Crippen LogP contribution in [0.1, 0.15) is 15.9 Å². The monoisotopic (exact) mass is 518 g/mol. The molecule has 0 aliphatic carbocycles. The van der Waals surface area contributed by atoms with E-state index in [1.807, 2.05) is 24.3 Å². The van der Waals surface area contributed by atoms with E-state index < -0.39 is 0 Å². The summed E-state index contributed by atoms with van der Waals surface area (Å²) in [6, 6.07) is 12.6. The van der Waals surface area contributed by atoms with Gasteiger partial charge in [0.05, 0.1) is 36.3 Å². The lowest BCUT2D eigenvalue weighted by Crippen LogP contribution is -2.13. The fraction of sp³-hybridized carbons (Fsp3) is 0.259. The minimum atomic E-state index is -0.256. The zero-order valence-corrected chi connectivity index (χ0v) is 21.3. The number of nitrogens with one attached hydrogen (secondary N) is 2. The number of fused-ring (bicyclic) bond motifs is 1. The van der Waals surface area contributed by atoms with Crippen LogP contribution in [0.5, 0.6) is 11.5 Å². The number of aromatic nitrogens is 3. The molecule has 38 heavy (non-hydrogen) atoms. The van der Waals surface area contributed by atoms with E-state index in [9.17, 15) is 4.79 Å². The van der Waals surface area contributed by atoms with E-state index in [4.69, 9.17) is 24.7 Å². The van der Waals surface area contributed by atoms with Crippen molar-refractivity contribution >= 4 is 34.0 Å². The van der Waals surface area contributed by atoms with Crippen molar-refractivity contribution in [3.63, 3.8) is 0 Å². The van der Waals surface area contributed by atoms with Gasteiger partial charge in [0, 0.05) is 44.0 Å². The number of nitrogen functional groups attached to an aromatic ring is 1. The van der Waals surface area contributed by atoms with Gasteiger partial charge in [-0.05, 0) is 29.8 Å². The van der Waals surface area contributed by atoms with Crippen molar-refractivity contribution in [2.24, 2.45) is 0 Å². The fourth-order valence-corrected chi connectivity index (χ4v) is 3.58. The molecule has 4 N–H and O–H groups in total. The lowest BCUT2D eigenvalue weighted by Gasteiger charge is -2.15. The fourth-order valence-electron chi connectivity index (χ4n) is 3.58. The van der Waals surface area contributed by atoms with Crippen LogP contribution in [0.2, 0.25) is 0 Å². The number of carbonyl (C=O) groups excluding carboxylic acids is 1. The lowest BCUT2D eigenvalue weighted by atomic mass is 10.1. The minimum absolute atomic E-state index is 0.256. The van der Waals surface area contributed by atoms with E-state index in [0.717, 1.165) is 10.9 Å². The highest BCUT2D eigenvalue weighted by Crippen LogP contribution is 2.34. The maximum atomic E-state index is 12.6. The Labute approximate surface area is 220 Å². The molecule has 0 fully saturated rings. The summed E-state index contributed by atoms with van der Waals surface area (Å²) in [6.07, 6.45) is 4.56. The summed E-state index contributed by atoms with van der Waals surface area (Å²) < 4.78 is 21.9. The number of nitrogens with zero attached hydrogens (tertiary/aromatic N) is 3. The Kier molecular flexibility index (Phi) is 9.22. The van der Waals surface area contributed by atoms with Gasteiger partial charge < -0.3 is 35.3 Å². The SMILES string of the molecule is COCCOc1cc2ncnc(NCc3ccc(C(=O)Nc4ccncc4N)cc3)c2cc1OCCOC. The summed E-state index contributed by atoms with van der Waals surface area (Å²) >= 11 is 0. The van der Waals surface area contributed by atoms with E-state index in [1.165, 1.54) is 12.5 Å². The van der Waals surface area contributed by atoms with Crippen LogP contribution in [0.15, 0.2) is 61.2 Å². The molecule has 1 amide bonds. The number of hydrogen-bond donors (Lipinski definition) is 3. The second kappa shape index (κ2) is 13.2. The number of amides is 1. The number of hydrogen-bond acceptors (Lipinski definition) is 10. The van der Waals surface area contributed by atoms with Gasteiger partial charge in [-0.25, -0.2) is 9.97 Å². The molecule has 198 valence electrons. The molecule has 4 rings (SSSR count). The average molecular weight is 519 g/mol. The van der Waals surface area contributed by atoms with Gasteiger partial charge in [0.2, 0.25) is 0 Å². The quantitative estimate of drug-likeness (QED) is 0.225. The first kappa shape index (κ1) is 26.6. The van der Waals surface area contributed by atoms with Crippen LogP contribution in [-0.2, 0) is 16.0 Å². The molecule has 0 spiro atoms. The average Bonchev–Trinajstić information content (AvgIpc) is 2.94. The normalized spacial score (nSPS) is 10.8. The van der Waals surface area contributed by atoms with Gasteiger partial charge in [0.1, 0.15) is 25.4 Å². The zero-order chi connectivity index (χ0) is 26.7. The Morgan fingerprint density at radius 2 is 1.63 bits per heavy atom. The molecule has 0 aliphatic heterocycles. The molecule has 2 aromatic heterocycles. The van der Waals surface area contributed by atoms with Crippen molar-refractivity contribution in [2.45, 2.75) is 6.54 Å². The maximum absolute atomic E-state index is 12.6. The molecular formula is C27H30N6O5. The molecule has 4 aromatic rings. The van der Waals surface area contributed by atoms with Gasteiger partial charge in [-0.1, -0.05) is 12.1 Å². The number of pyridine rings is 1. The second-order valence-corrected chi connectivity index (χ2v) is 8.19. The molecule has 2 heterocycles. The molecule has 11 nitrogen and oxygen atoms in total. The summed E-state index contributed by atoms with van der Waals surface area (Å²) in [4.78, 5) is 25.3. The maximum Gasteiger partial charge on any atom is 0.255 e. The summed E-state index contributed by atoms with van der Waals surface area (Å²) in [6.45, 7) is 2.12. The second-order valence-electron chi connectivity index (χ2n) is 8.19. The molecule has 0 atom stereocenters. The zero-order valence-electron chi connectivity index (χ0n) is 21.3.